The molecule has 0 spiro atoms. The predicted octanol–water partition coefficient (Wildman–Crippen LogP) is 4.98. The molecule has 0 aliphatic heterocycles. The molecule has 2 aromatic heterocycles. The molecule has 7 heteroatoms. The van der Waals surface area contributed by atoms with Crippen LogP contribution in [0.2, 0.25) is 0 Å². The Balaban J connectivity index is 0.00000155. The molecular weight excluding hydrogens is 402 g/mol. The maximum Gasteiger partial charge on any atom is 0.303 e. The number of aromatic nitrogens is 2. The highest BCUT2D eigenvalue weighted by atomic mass is 35.5. The number of carbonyl (C=O) groups is 2. The highest BCUT2D eigenvalue weighted by Crippen LogP contribution is 2.30. The van der Waals surface area contributed by atoms with Crippen LogP contribution in [0, 0.1) is 25.2 Å². The quantitative estimate of drug-likeness (QED) is 0.443. The summed E-state index contributed by atoms with van der Waals surface area (Å²) in [7, 11) is 0. The number of aliphatic carboxylic acids is 1. The highest BCUT2D eigenvalue weighted by molar-refractivity contribution is 6.32. The van der Waals surface area contributed by atoms with Crippen molar-refractivity contribution >= 4 is 34.4 Å². The molecule has 2 heterocycles. The Kier molecular flexibility index (Phi) is 7.73. The summed E-state index contributed by atoms with van der Waals surface area (Å²) < 4.78 is 1.90. The van der Waals surface area contributed by atoms with E-state index in [1.54, 1.807) is 31.2 Å². The van der Waals surface area contributed by atoms with Gasteiger partial charge in [0.25, 0.3) is 0 Å². The molecule has 0 radical (unpaired) electrons. The van der Waals surface area contributed by atoms with E-state index in [1.807, 2.05) is 31.4 Å². The van der Waals surface area contributed by atoms with Gasteiger partial charge in [0.05, 0.1) is 34.1 Å². The van der Waals surface area contributed by atoms with Gasteiger partial charge in [0.15, 0.2) is 5.78 Å². The van der Waals surface area contributed by atoms with E-state index in [0.717, 1.165) is 11.3 Å². The third kappa shape index (κ3) is 4.52. The fourth-order valence-corrected chi connectivity index (χ4v) is 3.50. The van der Waals surface area contributed by atoms with E-state index in [0.29, 0.717) is 40.0 Å². The van der Waals surface area contributed by atoms with Gasteiger partial charge >= 0.3 is 5.97 Å². The second-order valence-electron chi connectivity index (χ2n) is 6.51. The molecule has 0 fully saturated rings. The average Bonchev–Trinajstić information content (AvgIpc) is 3.03. The van der Waals surface area contributed by atoms with Gasteiger partial charge in [-0.2, -0.15) is 5.26 Å². The Bertz CT molecular complexity index is 1130. The van der Waals surface area contributed by atoms with Crippen molar-refractivity contribution in [2.24, 2.45) is 0 Å². The number of carbonyl (C=O) groups excluding carboxylic acids is 1. The Morgan fingerprint density at radius 1 is 1.20 bits per heavy atom. The summed E-state index contributed by atoms with van der Waals surface area (Å²) in [5.41, 5.74) is 5.23. The number of rotatable bonds is 6. The van der Waals surface area contributed by atoms with Gasteiger partial charge in [-0.25, -0.2) is 0 Å². The van der Waals surface area contributed by atoms with Gasteiger partial charge in [-0.05, 0) is 56.2 Å². The number of carboxylic acids is 1. The first-order valence-electron chi connectivity index (χ1n) is 9.70. The zero-order chi connectivity index (χ0) is 22.4. The molecule has 0 atom stereocenters. The van der Waals surface area contributed by atoms with Crippen molar-refractivity contribution < 1.29 is 14.7 Å². The number of carboxylic acid groups (broad SMARTS) is 1. The number of hydrogen-bond acceptors (Lipinski definition) is 4. The summed E-state index contributed by atoms with van der Waals surface area (Å²) in [6, 6.07) is 11.0. The summed E-state index contributed by atoms with van der Waals surface area (Å²) in [6.45, 7) is 7.63. The number of hydrogen-bond donors (Lipinski definition) is 1. The topological polar surface area (TPSA) is 96.0 Å². The van der Waals surface area contributed by atoms with Crippen LogP contribution in [0.1, 0.15) is 53.1 Å². The van der Waals surface area contributed by atoms with E-state index in [1.165, 1.54) is 0 Å². The number of nitrogens with zero attached hydrogens (tertiary/aromatic N) is 3. The van der Waals surface area contributed by atoms with Crippen LogP contribution in [-0.4, -0.2) is 32.3 Å². The van der Waals surface area contributed by atoms with Crippen LogP contribution in [0.15, 0.2) is 30.3 Å². The lowest BCUT2D eigenvalue weighted by atomic mass is 10.1. The lowest BCUT2D eigenvalue weighted by Crippen LogP contribution is -2.04. The Hall–Kier alpha value is -3.17. The van der Waals surface area contributed by atoms with Crippen molar-refractivity contribution in [1.82, 2.24) is 9.55 Å². The minimum atomic E-state index is -0.879. The summed E-state index contributed by atoms with van der Waals surface area (Å²) in [5, 5.41) is 18.0. The zero-order valence-corrected chi connectivity index (χ0v) is 18.2. The van der Waals surface area contributed by atoms with Crippen molar-refractivity contribution in [3.05, 3.63) is 58.4 Å². The number of benzene rings is 1. The van der Waals surface area contributed by atoms with Crippen molar-refractivity contribution in [3.63, 3.8) is 0 Å². The third-order valence-corrected chi connectivity index (χ3v) is 4.98. The van der Waals surface area contributed by atoms with E-state index >= 15 is 0 Å². The van der Waals surface area contributed by atoms with Gasteiger partial charge in [0, 0.05) is 23.5 Å². The molecule has 0 saturated carbocycles. The fourth-order valence-electron chi connectivity index (χ4n) is 3.37. The maximum atomic E-state index is 12.5. The van der Waals surface area contributed by atoms with Crippen molar-refractivity contribution in [2.75, 3.05) is 5.88 Å². The minimum absolute atomic E-state index is 0.00193. The molecule has 156 valence electrons. The number of fused-ring (bicyclic) bond motifs is 1. The van der Waals surface area contributed by atoms with E-state index < -0.39 is 5.97 Å². The van der Waals surface area contributed by atoms with Crippen LogP contribution in [-0.2, 0) is 11.2 Å². The molecule has 0 aliphatic rings. The number of aryl methyl sites for hydroxylation is 2. The van der Waals surface area contributed by atoms with Crippen molar-refractivity contribution in [2.45, 2.75) is 40.5 Å². The molecule has 6 nitrogen and oxygen atoms in total. The number of alkyl halides is 1. The van der Waals surface area contributed by atoms with Gasteiger partial charge in [0.2, 0.25) is 0 Å². The fraction of sp³-hybridized carbons (Fsp3) is 0.304. The molecular formula is C23H24ClN3O3. The number of Topliss-reactive ketones (excluding diaryl/α,β-unsaturated/α-hetero) is 1. The first kappa shape index (κ1) is 23.1. The highest BCUT2D eigenvalue weighted by Gasteiger charge is 2.22. The van der Waals surface area contributed by atoms with Crippen LogP contribution in [0.25, 0.3) is 16.7 Å². The number of ketones is 1. The average molecular weight is 426 g/mol. The minimum Gasteiger partial charge on any atom is -0.481 e. The Morgan fingerprint density at radius 2 is 1.83 bits per heavy atom. The number of halogens is 1. The maximum absolute atomic E-state index is 12.5. The van der Waals surface area contributed by atoms with Gasteiger partial charge in [-0.3, -0.25) is 14.6 Å². The van der Waals surface area contributed by atoms with E-state index in [9.17, 15) is 9.59 Å². The van der Waals surface area contributed by atoms with Gasteiger partial charge in [0.1, 0.15) is 0 Å². The van der Waals surface area contributed by atoms with Crippen molar-refractivity contribution in [1.29, 1.82) is 5.26 Å². The molecule has 0 saturated heterocycles. The molecule has 0 bridgehead atoms. The Morgan fingerprint density at radius 3 is 2.37 bits per heavy atom. The smallest absolute Gasteiger partial charge is 0.303 e. The van der Waals surface area contributed by atoms with Gasteiger partial charge in [-0.15, -0.1) is 11.6 Å². The second-order valence-corrected chi connectivity index (χ2v) is 6.77. The third-order valence-electron chi connectivity index (χ3n) is 4.74. The van der Waals surface area contributed by atoms with Crippen molar-refractivity contribution in [3.8, 4) is 11.8 Å². The van der Waals surface area contributed by atoms with E-state index in [2.05, 4.69) is 11.1 Å². The largest absolute Gasteiger partial charge is 0.481 e. The van der Waals surface area contributed by atoms with Gasteiger partial charge < -0.3 is 9.67 Å². The molecule has 1 N–H and O–H groups in total. The lowest BCUT2D eigenvalue weighted by molar-refractivity contribution is -0.136. The summed E-state index contributed by atoms with van der Waals surface area (Å²) >= 11 is 5.82. The summed E-state index contributed by atoms with van der Waals surface area (Å²) in [5.74, 6) is -1.26. The summed E-state index contributed by atoms with van der Waals surface area (Å²) in [4.78, 5) is 28.1. The molecule has 3 aromatic rings. The monoisotopic (exact) mass is 425 g/mol. The van der Waals surface area contributed by atoms with Gasteiger partial charge in [-0.1, -0.05) is 13.8 Å². The molecule has 0 unspecified atom stereocenters. The normalized spacial score (nSPS) is 10.3. The Labute approximate surface area is 180 Å². The lowest BCUT2D eigenvalue weighted by Gasteiger charge is -2.10. The molecule has 30 heavy (non-hydrogen) atoms. The van der Waals surface area contributed by atoms with Crippen LogP contribution in [0.5, 0.6) is 0 Å². The SMILES string of the molecule is CC.Cc1nc2c(C(=O)CCl)c(C)n(-c3ccc(C#N)cc3)c2cc1CCC(=O)O. The first-order chi connectivity index (χ1) is 14.4. The molecule has 0 amide bonds. The summed E-state index contributed by atoms with van der Waals surface area (Å²) in [6.07, 6.45) is 0.346. The van der Waals surface area contributed by atoms with Crippen LogP contribution in [0.4, 0.5) is 0 Å². The number of pyridine rings is 1. The van der Waals surface area contributed by atoms with Crippen LogP contribution < -0.4 is 0 Å². The van der Waals surface area contributed by atoms with Crippen LogP contribution >= 0.6 is 11.6 Å². The van der Waals surface area contributed by atoms with E-state index in [-0.39, 0.29) is 18.1 Å². The molecule has 3 rings (SSSR count). The predicted molar refractivity (Wildman–Crippen MR) is 118 cm³/mol. The molecule has 0 aliphatic carbocycles. The number of nitriles is 1. The zero-order valence-electron chi connectivity index (χ0n) is 17.5. The first-order valence-corrected chi connectivity index (χ1v) is 10.2. The standard InChI is InChI=1S/C21H18ClN3O3.C2H6/c1-12-15(5-8-19(27)28)9-17-21(24-12)20(18(26)10-22)13(2)25(17)16-6-3-14(11-23)4-7-16;1-2/h3-4,6-7,9H,5,8,10H2,1-2H3,(H,27,28);1-2H3. The van der Waals surface area contributed by atoms with Crippen LogP contribution in [0.3, 0.4) is 0 Å². The second kappa shape index (κ2) is 10.0. The molecule has 1 aromatic carbocycles. The van der Waals surface area contributed by atoms with E-state index in [4.69, 9.17) is 22.0 Å².